The SMILES string of the molecule is Cn1cnc2ccc(C3=CCc4ncc(-c5cnc(C6CC6)nc5)cc43)cc21. The zero-order chi connectivity index (χ0) is 18.7. The van der Waals surface area contributed by atoms with Crippen molar-refractivity contribution >= 4 is 16.6 Å². The van der Waals surface area contributed by atoms with Crippen molar-refractivity contribution in [1.29, 1.82) is 0 Å². The summed E-state index contributed by atoms with van der Waals surface area (Å²) in [5.41, 5.74) is 9.01. The Morgan fingerprint density at radius 2 is 1.71 bits per heavy atom. The average Bonchev–Trinajstić information content (AvgIpc) is 3.41. The highest BCUT2D eigenvalue weighted by Gasteiger charge is 2.26. The number of nitrogens with zero attached hydrogens (tertiary/aromatic N) is 5. The van der Waals surface area contributed by atoms with Gasteiger partial charge in [-0.3, -0.25) is 4.98 Å². The highest BCUT2D eigenvalue weighted by molar-refractivity contribution is 5.89. The molecule has 0 bridgehead atoms. The molecule has 28 heavy (non-hydrogen) atoms. The minimum absolute atomic E-state index is 0.573. The second kappa shape index (κ2) is 5.83. The number of aromatic nitrogens is 5. The lowest BCUT2D eigenvalue weighted by Gasteiger charge is -2.09. The highest BCUT2D eigenvalue weighted by atomic mass is 15.0. The van der Waals surface area contributed by atoms with Crippen molar-refractivity contribution in [2.75, 3.05) is 0 Å². The van der Waals surface area contributed by atoms with E-state index in [1.165, 1.54) is 29.5 Å². The summed E-state index contributed by atoms with van der Waals surface area (Å²) >= 11 is 0. The van der Waals surface area contributed by atoms with Gasteiger partial charge in [-0.2, -0.15) is 0 Å². The molecule has 0 amide bonds. The molecule has 0 spiro atoms. The molecule has 6 rings (SSSR count). The summed E-state index contributed by atoms with van der Waals surface area (Å²) in [6.45, 7) is 0. The smallest absolute Gasteiger partial charge is 0.131 e. The summed E-state index contributed by atoms with van der Waals surface area (Å²) in [4.78, 5) is 18.3. The zero-order valence-corrected chi connectivity index (χ0v) is 15.6. The van der Waals surface area contributed by atoms with Gasteiger partial charge in [-0.1, -0.05) is 12.1 Å². The second-order valence-corrected chi connectivity index (χ2v) is 7.70. The number of fused-ring (bicyclic) bond motifs is 2. The topological polar surface area (TPSA) is 56.5 Å². The summed E-state index contributed by atoms with van der Waals surface area (Å²) in [6.07, 6.45) is 13.2. The molecule has 2 aliphatic rings. The van der Waals surface area contributed by atoms with Gasteiger partial charge >= 0.3 is 0 Å². The van der Waals surface area contributed by atoms with Crippen molar-refractivity contribution < 1.29 is 0 Å². The minimum atomic E-state index is 0.573. The normalized spacial score (nSPS) is 15.7. The molecule has 0 N–H and O–H groups in total. The van der Waals surface area contributed by atoms with Crippen molar-refractivity contribution in [1.82, 2.24) is 24.5 Å². The first-order valence-electron chi connectivity index (χ1n) is 9.69. The maximum atomic E-state index is 4.73. The van der Waals surface area contributed by atoms with Gasteiger partial charge in [-0.15, -0.1) is 0 Å². The van der Waals surface area contributed by atoms with Crippen LogP contribution in [0.15, 0.2) is 55.3 Å². The molecule has 1 aromatic carbocycles. The number of benzene rings is 1. The van der Waals surface area contributed by atoms with Crippen molar-refractivity contribution in [2.24, 2.45) is 7.05 Å². The fourth-order valence-electron chi connectivity index (χ4n) is 3.96. The third-order valence-corrected chi connectivity index (χ3v) is 5.74. The van der Waals surface area contributed by atoms with Crippen LogP contribution in [0, 0.1) is 0 Å². The lowest BCUT2D eigenvalue weighted by atomic mass is 9.98. The summed E-state index contributed by atoms with van der Waals surface area (Å²) < 4.78 is 2.06. The van der Waals surface area contributed by atoms with Crippen LogP contribution in [0.1, 0.15) is 41.4 Å². The van der Waals surface area contributed by atoms with Crippen LogP contribution in [0.2, 0.25) is 0 Å². The van der Waals surface area contributed by atoms with E-state index < -0.39 is 0 Å². The monoisotopic (exact) mass is 365 g/mol. The molecule has 4 aromatic rings. The van der Waals surface area contributed by atoms with E-state index >= 15 is 0 Å². The number of rotatable bonds is 3. The number of pyridine rings is 1. The molecule has 3 heterocycles. The van der Waals surface area contributed by atoms with E-state index in [1.54, 1.807) is 0 Å². The number of imidazole rings is 1. The van der Waals surface area contributed by atoms with E-state index in [-0.39, 0.29) is 0 Å². The lowest BCUT2D eigenvalue weighted by Crippen LogP contribution is -1.95. The maximum Gasteiger partial charge on any atom is 0.131 e. The van der Waals surface area contributed by atoms with Crippen molar-refractivity contribution in [3.05, 3.63) is 77.9 Å². The van der Waals surface area contributed by atoms with Crippen molar-refractivity contribution in [3.8, 4) is 11.1 Å². The van der Waals surface area contributed by atoms with Gasteiger partial charge in [0.1, 0.15) is 5.82 Å². The molecular weight excluding hydrogens is 346 g/mol. The van der Waals surface area contributed by atoms with Crippen LogP contribution in [-0.2, 0) is 13.5 Å². The van der Waals surface area contributed by atoms with Crippen molar-refractivity contribution in [3.63, 3.8) is 0 Å². The highest BCUT2D eigenvalue weighted by Crippen LogP contribution is 2.38. The molecular formula is C23H19N5. The largest absolute Gasteiger partial charge is 0.334 e. The predicted molar refractivity (Wildman–Crippen MR) is 109 cm³/mol. The van der Waals surface area contributed by atoms with Gasteiger partial charge in [-0.05, 0) is 42.2 Å². The molecule has 1 fully saturated rings. The summed E-state index contributed by atoms with van der Waals surface area (Å²) in [5, 5.41) is 0. The lowest BCUT2D eigenvalue weighted by molar-refractivity contribution is 0.928. The molecule has 5 heteroatoms. The fourth-order valence-corrected chi connectivity index (χ4v) is 3.96. The Morgan fingerprint density at radius 1 is 0.893 bits per heavy atom. The molecule has 2 aliphatic carbocycles. The minimum Gasteiger partial charge on any atom is -0.334 e. The third kappa shape index (κ3) is 2.47. The van der Waals surface area contributed by atoms with Crippen LogP contribution < -0.4 is 0 Å². The van der Waals surface area contributed by atoms with Crippen LogP contribution in [0.25, 0.3) is 27.7 Å². The fraction of sp³-hybridized carbons (Fsp3) is 0.217. The summed E-state index contributed by atoms with van der Waals surface area (Å²) in [6, 6.07) is 8.68. The Bertz CT molecular complexity index is 1250. The van der Waals surface area contributed by atoms with E-state index in [2.05, 4.69) is 49.9 Å². The Hall–Kier alpha value is -3.34. The van der Waals surface area contributed by atoms with Crippen LogP contribution in [-0.4, -0.2) is 24.5 Å². The van der Waals surface area contributed by atoms with Gasteiger partial charge in [0, 0.05) is 54.7 Å². The second-order valence-electron chi connectivity index (χ2n) is 7.70. The predicted octanol–water partition coefficient (Wildman–Crippen LogP) is 4.29. The van der Waals surface area contributed by atoms with Crippen molar-refractivity contribution in [2.45, 2.75) is 25.2 Å². The number of hydrogen-bond donors (Lipinski definition) is 0. The van der Waals surface area contributed by atoms with Crippen LogP contribution in [0.4, 0.5) is 0 Å². The van der Waals surface area contributed by atoms with Gasteiger partial charge in [0.2, 0.25) is 0 Å². The molecule has 0 saturated heterocycles. The molecule has 0 atom stereocenters. The Labute approximate surface area is 162 Å². The molecule has 0 aliphatic heterocycles. The van der Waals surface area contributed by atoms with E-state index in [1.807, 2.05) is 32.0 Å². The zero-order valence-electron chi connectivity index (χ0n) is 15.6. The Kier molecular flexibility index (Phi) is 3.27. The first kappa shape index (κ1) is 15.7. The Morgan fingerprint density at radius 3 is 2.54 bits per heavy atom. The maximum absolute atomic E-state index is 4.73. The number of hydrogen-bond acceptors (Lipinski definition) is 4. The number of aryl methyl sites for hydroxylation is 1. The number of allylic oxidation sites excluding steroid dienone is 1. The van der Waals surface area contributed by atoms with Gasteiger partial charge in [0.25, 0.3) is 0 Å². The quantitative estimate of drug-likeness (QED) is 0.543. The van der Waals surface area contributed by atoms with Crippen LogP contribution in [0.5, 0.6) is 0 Å². The third-order valence-electron chi connectivity index (χ3n) is 5.74. The van der Waals surface area contributed by atoms with E-state index in [4.69, 9.17) is 4.98 Å². The van der Waals surface area contributed by atoms with Gasteiger partial charge < -0.3 is 4.57 Å². The van der Waals surface area contributed by atoms with E-state index in [0.29, 0.717) is 5.92 Å². The molecule has 0 unspecified atom stereocenters. The average molecular weight is 365 g/mol. The molecule has 3 aromatic heterocycles. The molecule has 5 nitrogen and oxygen atoms in total. The van der Waals surface area contributed by atoms with E-state index in [0.717, 1.165) is 40.1 Å². The molecule has 136 valence electrons. The Balaban J connectivity index is 1.40. The first-order chi connectivity index (χ1) is 13.8. The van der Waals surface area contributed by atoms with Gasteiger partial charge in [0.05, 0.1) is 23.1 Å². The van der Waals surface area contributed by atoms with Gasteiger partial charge in [0.15, 0.2) is 0 Å². The molecule has 1 saturated carbocycles. The van der Waals surface area contributed by atoms with Gasteiger partial charge in [-0.25, -0.2) is 15.0 Å². The van der Waals surface area contributed by atoms with Crippen LogP contribution >= 0.6 is 0 Å². The van der Waals surface area contributed by atoms with E-state index in [9.17, 15) is 0 Å². The first-order valence-corrected chi connectivity index (χ1v) is 9.69. The standard InChI is InChI=1S/C23H19N5/c1-28-13-27-21-6-4-15(9-22(21)28)18-5-7-20-19(18)8-16(10-24-20)17-11-25-23(26-12-17)14-2-3-14/h4-6,8-14H,2-3,7H2,1H3. The summed E-state index contributed by atoms with van der Waals surface area (Å²) in [7, 11) is 2.03. The molecule has 0 radical (unpaired) electrons. The van der Waals surface area contributed by atoms with Crippen LogP contribution in [0.3, 0.4) is 0 Å². The summed E-state index contributed by atoms with van der Waals surface area (Å²) in [5.74, 6) is 1.55.